The molecule has 0 aliphatic heterocycles. The lowest BCUT2D eigenvalue weighted by Gasteiger charge is -2.09. The Bertz CT molecular complexity index is 517. The van der Waals surface area contributed by atoms with Gasteiger partial charge in [0.25, 0.3) is 0 Å². The van der Waals surface area contributed by atoms with E-state index in [2.05, 4.69) is 0 Å². The predicted octanol–water partition coefficient (Wildman–Crippen LogP) is 1.10. The van der Waals surface area contributed by atoms with Crippen LogP contribution in [0.2, 0.25) is 0 Å². The molecular weight excluding hydrogens is 238 g/mol. The largest absolute Gasteiger partial charge is 0.396 e. The van der Waals surface area contributed by atoms with Crippen LogP contribution in [0, 0.1) is 17.2 Å². The third-order valence-corrected chi connectivity index (χ3v) is 4.19. The van der Waals surface area contributed by atoms with E-state index < -0.39 is 9.84 Å². The van der Waals surface area contributed by atoms with E-state index in [1.807, 2.05) is 6.07 Å². The van der Waals surface area contributed by atoms with Crippen LogP contribution in [0.25, 0.3) is 0 Å². The summed E-state index contributed by atoms with van der Waals surface area (Å²) in [5.41, 5.74) is 0.896. The molecule has 1 atom stereocenters. The Labute approximate surface area is 101 Å². The summed E-state index contributed by atoms with van der Waals surface area (Å²) in [5, 5.41) is 17.7. The normalized spacial score (nSPS) is 13.0. The zero-order chi connectivity index (χ0) is 12.9. The van der Waals surface area contributed by atoms with Gasteiger partial charge in [0.15, 0.2) is 9.84 Å². The van der Waals surface area contributed by atoms with Crippen molar-refractivity contribution in [3.05, 3.63) is 35.4 Å². The van der Waals surface area contributed by atoms with Crippen LogP contribution in [0.5, 0.6) is 0 Å². The van der Waals surface area contributed by atoms with Crippen LogP contribution < -0.4 is 0 Å². The van der Waals surface area contributed by atoms with Crippen molar-refractivity contribution in [2.75, 3.05) is 12.4 Å². The van der Waals surface area contributed by atoms with Crippen molar-refractivity contribution < 1.29 is 13.5 Å². The summed E-state index contributed by atoms with van der Waals surface area (Å²) in [5.74, 6) is -0.501. The van der Waals surface area contributed by atoms with Gasteiger partial charge in [0.05, 0.1) is 23.1 Å². The molecule has 17 heavy (non-hydrogen) atoms. The summed E-state index contributed by atoms with van der Waals surface area (Å²) in [6.07, 6.45) is 0. The van der Waals surface area contributed by atoms with Gasteiger partial charge >= 0.3 is 0 Å². The van der Waals surface area contributed by atoms with Gasteiger partial charge in [-0.25, -0.2) is 8.42 Å². The number of rotatable bonds is 5. The van der Waals surface area contributed by atoms with Gasteiger partial charge in [0, 0.05) is 6.61 Å². The van der Waals surface area contributed by atoms with E-state index in [0.717, 1.165) is 0 Å². The zero-order valence-electron chi connectivity index (χ0n) is 9.63. The molecule has 0 aliphatic rings. The Morgan fingerprint density at radius 3 is 2.65 bits per heavy atom. The van der Waals surface area contributed by atoms with E-state index in [9.17, 15) is 8.42 Å². The maximum atomic E-state index is 11.8. The number of sulfone groups is 1. The van der Waals surface area contributed by atoms with Crippen LogP contribution in [-0.4, -0.2) is 25.9 Å². The van der Waals surface area contributed by atoms with Gasteiger partial charge < -0.3 is 5.11 Å². The first-order valence-corrected chi connectivity index (χ1v) is 7.10. The zero-order valence-corrected chi connectivity index (χ0v) is 10.4. The molecule has 0 spiro atoms. The third kappa shape index (κ3) is 4.17. The Kier molecular flexibility index (Phi) is 4.67. The van der Waals surface area contributed by atoms with Crippen molar-refractivity contribution in [1.82, 2.24) is 0 Å². The molecular formula is C12H15NO3S. The highest BCUT2D eigenvalue weighted by molar-refractivity contribution is 7.90. The Balaban J connectivity index is 2.88. The van der Waals surface area contributed by atoms with Crippen LogP contribution in [0.3, 0.4) is 0 Å². The number of nitrogens with zero attached hydrogens (tertiary/aromatic N) is 1. The first kappa shape index (κ1) is 13.7. The molecule has 0 unspecified atom stereocenters. The molecule has 5 heteroatoms. The van der Waals surface area contributed by atoms with Gasteiger partial charge in [-0.1, -0.05) is 25.1 Å². The number of hydrogen-bond acceptors (Lipinski definition) is 4. The number of aliphatic hydroxyl groups is 1. The van der Waals surface area contributed by atoms with Crippen molar-refractivity contribution in [2.45, 2.75) is 12.7 Å². The second-order valence-corrected chi connectivity index (χ2v) is 6.22. The summed E-state index contributed by atoms with van der Waals surface area (Å²) in [6.45, 7) is 1.52. The standard InChI is InChI=1S/C12H15NO3S/c1-10(7-14)8-17(15,16)9-12-5-3-2-4-11(12)6-13/h2-5,10,14H,7-9H2,1H3/t10-/m1/s1. The molecule has 0 saturated heterocycles. The van der Waals surface area contributed by atoms with E-state index in [1.165, 1.54) is 0 Å². The number of aliphatic hydroxyl groups excluding tert-OH is 1. The van der Waals surface area contributed by atoms with Crippen LogP contribution in [0.1, 0.15) is 18.1 Å². The maximum Gasteiger partial charge on any atom is 0.154 e. The molecule has 0 amide bonds. The lowest BCUT2D eigenvalue weighted by Crippen LogP contribution is -2.18. The van der Waals surface area contributed by atoms with Crippen molar-refractivity contribution >= 4 is 9.84 Å². The second kappa shape index (κ2) is 5.80. The fraction of sp³-hybridized carbons (Fsp3) is 0.417. The molecule has 0 bridgehead atoms. The first-order chi connectivity index (χ1) is 7.98. The van der Waals surface area contributed by atoms with E-state index in [1.54, 1.807) is 31.2 Å². The second-order valence-electron chi connectivity index (χ2n) is 4.11. The molecule has 0 radical (unpaired) electrons. The highest BCUT2D eigenvalue weighted by Gasteiger charge is 2.17. The number of benzene rings is 1. The molecule has 1 rings (SSSR count). The molecule has 1 N–H and O–H groups in total. The van der Waals surface area contributed by atoms with Gasteiger partial charge in [-0.3, -0.25) is 0 Å². The molecule has 0 aromatic heterocycles. The van der Waals surface area contributed by atoms with Crippen molar-refractivity contribution in [3.8, 4) is 6.07 Å². The molecule has 92 valence electrons. The Morgan fingerprint density at radius 2 is 2.06 bits per heavy atom. The van der Waals surface area contributed by atoms with E-state index in [0.29, 0.717) is 11.1 Å². The van der Waals surface area contributed by atoms with Gasteiger partial charge in [0.2, 0.25) is 0 Å². The van der Waals surface area contributed by atoms with Gasteiger partial charge in [0.1, 0.15) is 0 Å². The summed E-state index contributed by atoms with van der Waals surface area (Å²) < 4.78 is 23.6. The van der Waals surface area contributed by atoms with Crippen molar-refractivity contribution in [3.63, 3.8) is 0 Å². The van der Waals surface area contributed by atoms with E-state index >= 15 is 0 Å². The fourth-order valence-electron chi connectivity index (χ4n) is 1.54. The lowest BCUT2D eigenvalue weighted by molar-refractivity contribution is 0.249. The average molecular weight is 253 g/mol. The molecule has 1 aromatic carbocycles. The van der Waals surface area contributed by atoms with Crippen LogP contribution in [0.4, 0.5) is 0 Å². The average Bonchev–Trinajstić information content (AvgIpc) is 2.28. The Hall–Kier alpha value is -1.38. The smallest absolute Gasteiger partial charge is 0.154 e. The van der Waals surface area contributed by atoms with Crippen molar-refractivity contribution in [2.24, 2.45) is 5.92 Å². The minimum absolute atomic E-state index is 0.0662. The molecule has 0 saturated carbocycles. The molecule has 0 fully saturated rings. The predicted molar refractivity (Wildman–Crippen MR) is 64.9 cm³/mol. The van der Waals surface area contributed by atoms with Gasteiger partial charge in [-0.2, -0.15) is 5.26 Å². The summed E-state index contributed by atoms with van der Waals surface area (Å²) in [6, 6.07) is 8.62. The first-order valence-electron chi connectivity index (χ1n) is 5.28. The van der Waals surface area contributed by atoms with Gasteiger partial charge in [-0.05, 0) is 17.5 Å². The number of nitriles is 1. The monoisotopic (exact) mass is 253 g/mol. The topological polar surface area (TPSA) is 78.2 Å². The van der Waals surface area contributed by atoms with E-state index in [-0.39, 0.29) is 24.0 Å². The van der Waals surface area contributed by atoms with Crippen LogP contribution in [0.15, 0.2) is 24.3 Å². The molecule has 4 nitrogen and oxygen atoms in total. The SMILES string of the molecule is C[C@H](CO)CS(=O)(=O)Cc1ccccc1C#N. The van der Waals surface area contributed by atoms with E-state index in [4.69, 9.17) is 10.4 Å². The fourth-order valence-corrected chi connectivity index (χ4v) is 3.35. The van der Waals surface area contributed by atoms with Crippen LogP contribution in [-0.2, 0) is 15.6 Å². The molecule has 0 heterocycles. The quantitative estimate of drug-likeness (QED) is 0.852. The highest BCUT2D eigenvalue weighted by Crippen LogP contribution is 2.13. The van der Waals surface area contributed by atoms with Crippen molar-refractivity contribution in [1.29, 1.82) is 5.26 Å². The molecule has 0 aliphatic carbocycles. The highest BCUT2D eigenvalue weighted by atomic mass is 32.2. The summed E-state index contributed by atoms with van der Waals surface area (Å²) in [7, 11) is -3.29. The lowest BCUT2D eigenvalue weighted by atomic mass is 10.1. The Morgan fingerprint density at radius 1 is 1.41 bits per heavy atom. The van der Waals surface area contributed by atoms with Gasteiger partial charge in [-0.15, -0.1) is 0 Å². The summed E-state index contributed by atoms with van der Waals surface area (Å²) >= 11 is 0. The minimum Gasteiger partial charge on any atom is -0.396 e. The molecule has 1 aromatic rings. The summed E-state index contributed by atoms with van der Waals surface area (Å²) in [4.78, 5) is 0. The maximum absolute atomic E-state index is 11.8. The minimum atomic E-state index is -3.29. The number of hydrogen-bond donors (Lipinski definition) is 1. The van der Waals surface area contributed by atoms with Crippen LogP contribution >= 0.6 is 0 Å². The third-order valence-electron chi connectivity index (χ3n) is 2.36.